The minimum Gasteiger partial charge on any atom is -0.341 e. The summed E-state index contributed by atoms with van der Waals surface area (Å²) in [5, 5.41) is 0.637. The van der Waals surface area contributed by atoms with Crippen molar-refractivity contribution in [3.05, 3.63) is 60.3 Å². The molecule has 0 bridgehead atoms. The van der Waals surface area contributed by atoms with Gasteiger partial charge in [-0.1, -0.05) is 35.9 Å². The molecule has 1 saturated heterocycles. The first kappa shape index (κ1) is 21.6. The zero-order chi connectivity index (χ0) is 22.2. The van der Waals surface area contributed by atoms with E-state index in [1.807, 2.05) is 37.1 Å². The third-order valence-corrected chi connectivity index (χ3v) is 8.10. The zero-order valence-electron chi connectivity index (χ0n) is 18.3. The number of para-hydroxylation sites is 1. The number of carbonyl (C=O) groups is 1. The largest absolute Gasteiger partial charge is 0.341 e. The van der Waals surface area contributed by atoms with Crippen molar-refractivity contribution < 1.29 is 13.2 Å². The average Bonchev–Trinajstić information content (AvgIpc) is 3.13. The highest BCUT2D eigenvalue weighted by Crippen LogP contribution is 2.30. The standard InChI is InChI=1S/C24H29N3O3S/c1-18-8-10-20(11-9-18)31(29,30)23-16-27(22-7-5-4-6-21(22)23)17-24(28)26(3)19-12-14-25(2)15-13-19/h4-11,16,19H,12-15,17H2,1-3H3. The van der Waals surface area contributed by atoms with Crippen LogP contribution in [0.5, 0.6) is 0 Å². The number of carbonyl (C=O) groups excluding carboxylic acids is 1. The molecule has 1 amide bonds. The molecule has 2 aromatic carbocycles. The highest BCUT2D eigenvalue weighted by atomic mass is 32.2. The first-order valence-electron chi connectivity index (χ1n) is 10.6. The fourth-order valence-electron chi connectivity index (χ4n) is 4.25. The SMILES string of the molecule is Cc1ccc(S(=O)(=O)c2cn(CC(=O)N(C)C3CCN(C)CC3)c3ccccc23)cc1. The molecule has 3 aromatic rings. The van der Waals surface area contributed by atoms with Gasteiger partial charge in [0.15, 0.2) is 0 Å². The molecule has 2 heterocycles. The minimum absolute atomic E-state index is 0.00501. The number of hydrogen-bond donors (Lipinski definition) is 0. The fraction of sp³-hybridized carbons (Fsp3) is 0.375. The topological polar surface area (TPSA) is 62.6 Å². The van der Waals surface area contributed by atoms with Crippen LogP contribution >= 0.6 is 0 Å². The Bertz CT molecular complexity index is 1190. The molecule has 1 aliphatic rings. The van der Waals surface area contributed by atoms with Gasteiger partial charge in [-0.25, -0.2) is 8.42 Å². The van der Waals surface area contributed by atoms with Crippen molar-refractivity contribution in [1.82, 2.24) is 14.4 Å². The smallest absolute Gasteiger partial charge is 0.242 e. The summed E-state index contributed by atoms with van der Waals surface area (Å²) in [4.78, 5) is 17.6. The van der Waals surface area contributed by atoms with Crippen molar-refractivity contribution >= 4 is 26.6 Å². The van der Waals surface area contributed by atoms with E-state index in [0.29, 0.717) is 5.39 Å². The van der Waals surface area contributed by atoms with Crippen LogP contribution in [0.3, 0.4) is 0 Å². The number of aromatic nitrogens is 1. The van der Waals surface area contributed by atoms with Crippen LogP contribution in [0.2, 0.25) is 0 Å². The van der Waals surface area contributed by atoms with E-state index >= 15 is 0 Å². The number of hydrogen-bond acceptors (Lipinski definition) is 4. The number of sulfone groups is 1. The molecule has 0 N–H and O–H groups in total. The summed E-state index contributed by atoms with van der Waals surface area (Å²) in [5.74, 6) is -0.00501. The molecule has 0 atom stereocenters. The van der Waals surface area contributed by atoms with E-state index in [1.165, 1.54) is 0 Å². The third kappa shape index (κ3) is 4.25. The number of rotatable bonds is 5. The van der Waals surface area contributed by atoms with Gasteiger partial charge in [0, 0.05) is 30.2 Å². The number of benzene rings is 2. The third-order valence-electron chi connectivity index (χ3n) is 6.31. The highest BCUT2D eigenvalue weighted by Gasteiger charge is 2.27. The fourth-order valence-corrected chi connectivity index (χ4v) is 5.72. The Morgan fingerprint density at radius 3 is 2.39 bits per heavy atom. The summed E-state index contributed by atoms with van der Waals surface area (Å²) in [6.07, 6.45) is 3.52. The number of fused-ring (bicyclic) bond motifs is 1. The maximum absolute atomic E-state index is 13.4. The summed E-state index contributed by atoms with van der Waals surface area (Å²) in [6.45, 7) is 4.00. The Kier molecular flexibility index (Phi) is 5.90. The summed E-state index contributed by atoms with van der Waals surface area (Å²) >= 11 is 0. The first-order chi connectivity index (χ1) is 14.8. The Morgan fingerprint density at radius 1 is 1.06 bits per heavy atom. The van der Waals surface area contributed by atoms with Crippen molar-refractivity contribution in [2.24, 2.45) is 0 Å². The van der Waals surface area contributed by atoms with E-state index in [9.17, 15) is 13.2 Å². The van der Waals surface area contributed by atoms with E-state index in [4.69, 9.17) is 0 Å². The molecule has 4 rings (SSSR count). The van der Waals surface area contributed by atoms with Gasteiger partial charge in [-0.3, -0.25) is 4.79 Å². The average molecular weight is 440 g/mol. The van der Waals surface area contributed by atoms with Crippen LogP contribution < -0.4 is 0 Å². The van der Waals surface area contributed by atoms with Crippen LogP contribution in [0.4, 0.5) is 0 Å². The molecule has 0 unspecified atom stereocenters. The lowest BCUT2D eigenvalue weighted by molar-refractivity contribution is -0.133. The number of likely N-dealkylation sites (N-methyl/N-ethyl adjacent to an activating group) is 1. The number of amides is 1. The van der Waals surface area contributed by atoms with Gasteiger partial charge in [-0.05, 0) is 58.1 Å². The number of piperidine rings is 1. The van der Waals surface area contributed by atoms with Gasteiger partial charge in [0.25, 0.3) is 0 Å². The Hall–Kier alpha value is -2.64. The minimum atomic E-state index is -3.70. The van der Waals surface area contributed by atoms with E-state index < -0.39 is 9.84 Å². The van der Waals surface area contributed by atoms with Gasteiger partial charge in [-0.15, -0.1) is 0 Å². The van der Waals surface area contributed by atoms with Gasteiger partial charge in [0.1, 0.15) is 6.54 Å². The van der Waals surface area contributed by atoms with Crippen LogP contribution in [-0.4, -0.2) is 61.9 Å². The van der Waals surface area contributed by atoms with E-state index in [0.717, 1.165) is 37.0 Å². The zero-order valence-corrected chi connectivity index (χ0v) is 19.1. The molecule has 31 heavy (non-hydrogen) atoms. The van der Waals surface area contributed by atoms with Crippen LogP contribution in [0.25, 0.3) is 10.9 Å². The Morgan fingerprint density at radius 2 is 1.71 bits per heavy atom. The Balaban J connectivity index is 1.65. The van der Waals surface area contributed by atoms with Crippen molar-refractivity contribution in [1.29, 1.82) is 0 Å². The van der Waals surface area contributed by atoms with Gasteiger partial charge in [0.2, 0.25) is 15.7 Å². The number of nitrogens with zero attached hydrogens (tertiary/aromatic N) is 3. The van der Waals surface area contributed by atoms with Crippen LogP contribution in [-0.2, 0) is 21.2 Å². The Labute approximate surface area is 184 Å². The normalized spacial score (nSPS) is 16.0. The summed E-state index contributed by atoms with van der Waals surface area (Å²) in [7, 11) is 0.257. The van der Waals surface area contributed by atoms with Crippen LogP contribution in [0.15, 0.2) is 64.5 Å². The lowest BCUT2D eigenvalue weighted by atomic mass is 10.0. The van der Waals surface area contributed by atoms with E-state index in [1.54, 1.807) is 41.1 Å². The molecular weight excluding hydrogens is 410 g/mol. The second kappa shape index (κ2) is 8.48. The lowest BCUT2D eigenvalue weighted by Crippen LogP contribution is -2.45. The van der Waals surface area contributed by atoms with Crippen LogP contribution in [0.1, 0.15) is 18.4 Å². The van der Waals surface area contributed by atoms with Crippen molar-refractivity contribution in [2.75, 3.05) is 27.2 Å². The predicted molar refractivity (Wildman–Crippen MR) is 122 cm³/mol. The molecular formula is C24H29N3O3S. The van der Waals surface area contributed by atoms with Crippen molar-refractivity contribution in [3.8, 4) is 0 Å². The van der Waals surface area contributed by atoms with Gasteiger partial charge >= 0.3 is 0 Å². The monoisotopic (exact) mass is 439 g/mol. The van der Waals surface area contributed by atoms with Gasteiger partial charge in [0.05, 0.1) is 9.79 Å². The molecule has 1 aromatic heterocycles. The van der Waals surface area contributed by atoms with Crippen molar-refractivity contribution in [3.63, 3.8) is 0 Å². The molecule has 7 heteroatoms. The summed E-state index contributed by atoms with van der Waals surface area (Å²) in [5.41, 5.74) is 1.75. The molecule has 1 aliphatic heterocycles. The summed E-state index contributed by atoms with van der Waals surface area (Å²) in [6, 6.07) is 14.5. The molecule has 1 fully saturated rings. The van der Waals surface area contributed by atoms with Gasteiger partial charge in [-0.2, -0.15) is 0 Å². The van der Waals surface area contributed by atoms with Gasteiger partial charge < -0.3 is 14.4 Å². The maximum Gasteiger partial charge on any atom is 0.242 e. The van der Waals surface area contributed by atoms with E-state index in [-0.39, 0.29) is 28.3 Å². The molecule has 0 radical (unpaired) electrons. The first-order valence-corrected chi connectivity index (χ1v) is 12.1. The van der Waals surface area contributed by atoms with Crippen LogP contribution in [0, 0.1) is 6.92 Å². The highest BCUT2D eigenvalue weighted by molar-refractivity contribution is 7.91. The molecule has 164 valence electrons. The molecule has 0 aliphatic carbocycles. The van der Waals surface area contributed by atoms with Crippen molar-refractivity contribution in [2.45, 2.75) is 42.1 Å². The number of aryl methyl sites for hydroxylation is 1. The number of likely N-dealkylation sites (tertiary alicyclic amines) is 1. The lowest BCUT2D eigenvalue weighted by Gasteiger charge is -2.35. The van der Waals surface area contributed by atoms with E-state index in [2.05, 4.69) is 11.9 Å². The second-order valence-electron chi connectivity index (χ2n) is 8.49. The molecule has 0 saturated carbocycles. The quantitative estimate of drug-likeness (QED) is 0.612. The maximum atomic E-state index is 13.4. The second-order valence-corrected chi connectivity index (χ2v) is 10.4. The summed E-state index contributed by atoms with van der Waals surface area (Å²) < 4.78 is 28.5. The predicted octanol–water partition coefficient (Wildman–Crippen LogP) is 3.34. The molecule has 6 nitrogen and oxygen atoms in total. The molecule has 0 spiro atoms.